The average Bonchev–Trinajstić information content (AvgIpc) is 3.21. The van der Waals surface area contributed by atoms with E-state index >= 15 is 0 Å². The number of alkyl halides is 3. The van der Waals surface area contributed by atoms with Crippen molar-refractivity contribution in [3.63, 3.8) is 0 Å². The topological polar surface area (TPSA) is 149 Å². The van der Waals surface area contributed by atoms with Crippen LogP contribution in [0.1, 0.15) is 47.2 Å². The van der Waals surface area contributed by atoms with Crippen LogP contribution in [0.3, 0.4) is 0 Å². The van der Waals surface area contributed by atoms with Crippen LogP contribution in [0, 0.1) is 0 Å². The first kappa shape index (κ1) is 30.2. The number of imidazole rings is 1. The Morgan fingerprint density at radius 2 is 1.56 bits per heavy atom. The van der Waals surface area contributed by atoms with Gasteiger partial charge in [-0.15, -0.1) is 4.90 Å². The van der Waals surface area contributed by atoms with Crippen LogP contribution >= 0.6 is 11.6 Å². The third kappa shape index (κ3) is 7.11. The minimum atomic E-state index is -5.08. The lowest BCUT2D eigenvalue weighted by atomic mass is 10.2. The maximum absolute atomic E-state index is 14.4. The van der Waals surface area contributed by atoms with E-state index in [-0.39, 0.29) is 33.0 Å². The van der Waals surface area contributed by atoms with Crippen molar-refractivity contribution in [2.24, 2.45) is 0 Å². The van der Waals surface area contributed by atoms with Crippen LogP contribution in [-0.2, 0) is 20.4 Å². The number of H-pyrrole nitrogens is 1. The molecule has 0 spiro atoms. The Bertz CT molecular complexity index is 1430. The van der Waals surface area contributed by atoms with Gasteiger partial charge in [-0.25, -0.2) is 34.5 Å². The van der Waals surface area contributed by atoms with Crippen molar-refractivity contribution in [1.29, 1.82) is 0 Å². The fourth-order valence-electron chi connectivity index (χ4n) is 3.69. The number of carbonyl (C=O) groups is 2. The van der Waals surface area contributed by atoms with E-state index in [0.717, 1.165) is 6.20 Å². The summed E-state index contributed by atoms with van der Waals surface area (Å²) in [6, 6.07) is 0. The molecule has 0 atom stereocenters. The Morgan fingerprint density at radius 3 is 2.10 bits per heavy atom. The first-order chi connectivity index (χ1) is 18.9. The summed E-state index contributed by atoms with van der Waals surface area (Å²) in [6.45, 7) is 10.7. The summed E-state index contributed by atoms with van der Waals surface area (Å²) < 4.78 is 59.1. The second-order valence-corrected chi connectivity index (χ2v) is 11.3. The van der Waals surface area contributed by atoms with E-state index in [1.807, 2.05) is 0 Å². The minimum absolute atomic E-state index is 0.0334. The number of rotatable bonds is 3. The first-order valence-electron chi connectivity index (χ1n) is 12.4. The van der Waals surface area contributed by atoms with Gasteiger partial charge < -0.3 is 24.1 Å². The van der Waals surface area contributed by atoms with Gasteiger partial charge in [-0.2, -0.15) is 13.2 Å². The van der Waals surface area contributed by atoms with Crippen molar-refractivity contribution in [1.82, 2.24) is 29.9 Å². The summed E-state index contributed by atoms with van der Waals surface area (Å²) in [6.07, 6.45) is -6.96. The summed E-state index contributed by atoms with van der Waals surface area (Å²) in [5.74, 6) is -1.07. The molecule has 17 heteroatoms. The first-order valence-corrected chi connectivity index (χ1v) is 12.8. The Labute approximate surface area is 237 Å². The zero-order chi connectivity index (χ0) is 30.3. The number of imide groups is 1. The number of nitrogens with one attached hydrogen (secondary N) is 1. The van der Waals surface area contributed by atoms with Crippen LogP contribution in [0.4, 0.5) is 34.5 Å². The maximum Gasteiger partial charge on any atom is 0.434 e. The van der Waals surface area contributed by atoms with Crippen LogP contribution in [-0.4, -0.2) is 79.6 Å². The molecule has 0 saturated carbocycles. The van der Waals surface area contributed by atoms with Crippen LogP contribution in [0.15, 0.2) is 6.20 Å². The molecule has 1 fully saturated rings. The highest BCUT2D eigenvalue weighted by Gasteiger charge is 2.41. The normalized spacial score (nSPS) is 14.7. The van der Waals surface area contributed by atoms with E-state index in [2.05, 4.69) is 29.9 Å². The molecule has 4 heterocycles. The number of nitrogens with zero attached hydrogens (tertiary/aromatic N) is 7. The fraction of sp³-hybridized carbons (Fsp3) is 0.542. The zero-order valence-corrected chi connectivity index (χ0v) is 23.8. The predicted octanol–water partition coefficient (Wildman–Crippen LogP) is 5.00. The van der Waals surface area contributed by atoms with Gasteiger partial charge in [0.15, 0.2) is 28.5 Å². The lowest BCUT2D eigenvalue weighted by Crippen LogP contribution is -2.44. The number of fused-ring (bicyclic) bond motifs is 1. The number of aromatic nitrogens is 6. The van der Waals surface area contributed by atoms with Gasteiger partial charge in [0.2, 0.25) is 11.2 Å². The van der Waals surface area contributed by atoms with Gasteiger partial charge in [0.05, 0.1) is 18.8 Å². The highest BCUT2D eigenvalue weighted by Crippen LogP contribution is 2.37. The van der Waals surface area contributed by atoms with Crippen molar-refractivity contribution in [2.75, 3.05) is 36.1 Å². The largest absolute Gasteiger partial charge is 0.443 e. The molecule has 3 aromatic rings. The molecule has 0 radical (unpaired) electrons. The Balaban J connectivity index is 1.87. The molecule has 1 N–H and O–H groups in total. The van der Waals surface area contributed by atoms with Crippen LogP contribution < -0.4 is 9.80 Å². The lowest BCUT2D eigenvalue weighted by molar-refractivity contribution is -0.140. The highest BCUT2D eigenvalue weighted by molar-refractivity contribution is 6.29. The number of halogens is 4. The fourth-order valence-corrected chi connectivity index (χ4v) is 3.86. The summed E-state index contributed by atoms with van der Waals surface area (Å²) >= 11 is 6.03. The Hall–Kier alpha value is -3.79. The summed E-state index contributed by atoms with van der Waals surface area (Å²) in [5, 5.41) is -0.0334. The van der Waals surface area contributed by atoms with Gasteiger partial charge in [0, 0.05) is 19.3 Å². The maximum atomic E-state index is 14.4. The number of hydrogen-bond acceptors (Lipinski definition) is 11. The van der Waals surface area contributed by atoms with E-state index in [0.29, 0.717) is 26.3 Å². The van der Waals surface area contributed by atoms with Gasteiger partial charge in [0.1, 0.15) is 11.2 Å². The van der Waals surface area contributed by atoms with Gasteiger partial charge in [-0.3, -0.25) is 0 Å². The summed E-state index contributed by atoms with van der Waals surface area (Å²) in [4.78, 5) is 50.8. The molecule has 3 aromatic heterocycles. The van der Waals surface area contributed by atoms with E-state index in [4.69, 9.17) is 25.8 Å². The second-order valence-electron chi connectivity index (χ2n) is 10.9. The third-order valence-electron chi connectivity index (χ3n) is 5.25. The van der Waals surface area contributed by atoms with E-state index in [1.165, 1.54) is 41.5 Å². The number of ether oxygens (including phenoxy) is 3. The monoisotopic (exact) mass is 600 g/mol. The van der Waals surface area contributed by atoms with Crippen molar-refractivity contribution in [3.05, 3.63) is 17.2 Å². The molecular formula is C24H28ClF3N8O5. The summed E-state index contributed by atoms with van der Waals surface area (Å²) in [7, 11) is 0. The smallest absolute Gasteiger partial charge is 0.434 e. The van der Waals surface area contributed by atoms with Crippen LogP contribution in [0.25, 0.3) is 22.6 Å². The molecule has 1 saturated heterocycles. The molecular weight excluding hydrogens is 573 g/mol. The molecule has 1 aliphatic rings. The zero-order valence-electron chi connectivity index (χ0n) is 23.1. The molecule has 222 valence electrons. The average molecular weight is 601 g/mol. The van der Waals surface area contributed by atoms with Gasteiger partial charge in [0.25, 0.3) is 0 Å². The van der Waals surface area contributed by atoms with Gasteiger partial charge in [-0.1, -0.05) is 0 Å². The Morgan fingerprint density at radius 1 is 0.976 bits per heavy atom. The van der Waals surface area contributed by atoms with E-state index in [9.17, 15) is 22.8 Å². The molecule has 0 bridgehead atoms. The molecule has 0 unspecified atom stereocenters. The summed E-state index contributed by atoms with van der Waals surface area (Å²) in [5.41, 5.74) is -3.98. The van der Waals surface area contributed by atoms with Crippen molar-refractivity contribution >= 4 is 46.7 Å². The molecule has 0 aliphatic carbocycles. The number of morpholine rings is 1. The van der Waals surface area contributed by atoms with Crippen LogP contribution in [0.5, 0.6) is 0 Å². The van der Waals surface area contributed by atoms with Crippen molar-refractivity contribution in [2.45, 2.75) is 58.9 Å². The second kappa shape index (κ2) is 10.9. The molecule has 4 rings (SSSR count). The SMILES string of the molecule is CC(C)(C)OC(=O)N(C(=O)OC(C)(C)C)c1ncc(-c2nc(N3CCOCC3)c3nc(Cl)[nH]c3n2)c(C(F)(F)F)n1. The quantitative estimate of drug-likeness (QED) is 0.405. The molecule has 13 nitrogen and oxygen atoms in total. The molecule has 2 amide bonds. The third-order valence-corrected chi connectivity index (χ3v) is 5.42. The number of hydrogen-bond donors (Lipinski definition) is 1. The van der Waals surface area contributed by atoms with Crippen molar-refractivity contribution in [3.8, 4) is 11.4 Å². The van der Waals surface area contributed by atoms with Crippen LogP contribution in [0.2, 0.25) is 5.28 Å². The van der Waals surface area contributed by atoms with Gasteiger partial charge >= 0.3 is 18.4 Å². The standard InChI is InChI=1S/C24H28ClF3N8O5/c1-22(2,3)40-20(37)36(21(38)41-23(4,5)6)19-29-11-12(14(31-19)24(26,27)28)15-32-16-13(30-18(25)34-16)17(33-15)35-7-9-39-10-8-35/h11H,7-10H2,1-6H3,(H,30,32,33,34). The lowest BCUT2D eigenvalue weighted by Gasteiger charge is -2.28. The number of aromatic amines is 1. The van der Waals surface area contributed by atoms with Gasteiger partial charge in [-0.05, 0) is 53.1 Å². The predicted molar refractivity (Wildman–Crippen MR) is 141 cm³/mol. The molecule has 1 aliphatic heterocycles. The number of anilines is 2. The Kier molecular flexibility index (Phi) is 8.01. The van der Waals surface area contributed by atoms with Crippen molar-refractivity contribution < 1.29 is 37.0 Å². The number of carbonyl (C=O) groups excluding carboxylic acids is 2. The molecule has 0 aromatic carbocycles. The highest BCUT2D eigenvalue weighted by atomic mass is 35.5. The van der Waals surface area contributed by atoms with E-state index in [1.54, 1.807) is 4.90 Å². The number of amides is 2. The molecule has 41 heavy (non-hydrogen) atoms. The minimum Gasteiger partial charge on any atom is -0.443 e. The van der Waals surface area contributed by atoms with E-state index < -0.39 is 46.8 Å².